The minimum atomic E-state index is -0.415. The largest absolute Gasteiger partial charge is 0.444 e. The van der Waals surface area contributed by atoms with Crippen molar-refractivity contribution in [2.24, 2.45) is 11.1 Å². The van der Waals surface area contributed by atoms with E-state index in [1.165, 1.54) is 0 Å². The molecule has 4 heteroatoms. The van der Waals surface area contributed by atoms with Crippen LogP contribution in [0.5, 0.6) is 0 Å². The van der Waals surface area contributed by atoms with Crippen LogP contribution in [-0.4, -0.2) is 23.8 Å². The van der Waals surface area contributed by atoms with Gasteiger partial charge in [-0.15, -0.1) is 0 Å². The number of amides is 1. The lowest BCUT2D eigenvalue weighted by molar-refractivity contribution is 0.0438. The van der Waals surface area contributed by atoms with Crippen LogP contribution >= 0.6 is 0 Å². The van der Waals surface area contributed by atoms with Gasteiger partial charge in [-0.05, 0) is 45.4 Å². The van der Waals surface area contributed by atoms with Gasteiger partial charge >= 0.3 is 6.09 Å². The maximum atomic E-state index is 11.4. The van der Waals surface area contributed by atoms with Crippen molar-refractivity contribution in [2.75, 3.05) is 0 Å². The molecule has 1 spiro atoms. The summed E-state index contributed by atoms with van der Waals surface area (Å²) in [7, 11) is 0. The van der Waals surface area contributed by atoms with Crippen LogP contribution in [0.4, 0.5) is 4.79 Å². The van der Waals surface area contributed by atoms with E-state index in [2.05, 4.69) is 5.32 Å². The summed E-state index contributed by atoms with van der Waals surface area (Å²) in [6, 6.07) is 0.641. The van der Waals surface area contributed by atoms with Crippen LogP contribution in [0.25, 0.3) is 0 Å². The van der Waals surface area contributed by atoms with Crippen LogP contribution in [0, 0.1) is 5.41 Å². The fourth-order valence-corrected chi connectivity index (χ4v) is 2.35. The van der Waals surface area contributed by atoms with Gasteiger partial charge in [0, 0.05) is 12.1 Å². The lowest BCUT2D eigenvalue weighted by atomic mass is 9.76. The minimum Gasteiger partial charge on any atom is -0.444 e. The number of hydrogen-bond acceptors (Lipinski definition) is 3. The van der Waals surface area contributed by atoms with Crippen molar-refractivity contribution in [3.63, 3.8) is 0 Å². The van der Waals surface area contributed by atoms with Gasteiger partial charge in [0.05, 0.1) is 0 Å². The molecule has 0 aliphatic heterocycles. The van der Waals surface area contributed by atoms with Gasteiger partial charge in [-0.25, -0.2) is 4.79 Å². The van der Waals surface area contributed by atoms with Crippen LogP contribution in [0.1, 0.15) is 40.0 Å². The Morgan fingerprint density at radius 3 is 2.33 bits per heavy atom. The lowest BCUT2D eigenvalue weighted by Crippen LogP contribution is -2.48. The smallest absolute Gasteiger partial charge is 0.407 e. The maximum absolute atomic E-state index is 11.4. The fourth-order valence-electron chi connectivity index (χ4n) is 2.35. The van der Waals surface area contributed by atoms with Crippen molar-refractivity contribution in [3.8, 4) is 0 Å². The van der Waals surface area contributed by atoms with Crippen molar-refractivity contribution in [3.05, 3.63) is 0 Å². The van der Waals surface area contributed by atoms with Crippen LogP contribution in [-0.2, 0) is 4.74 Å². The molecule has 3 N–H and O–H groups in total. The number of nitrogens with one attached hydrogen (secondary N) is 1. The summed E-state index contributed by atoms with van der Waals surface area (Å²) in [6.07, 6.45) is 2.86. The van der Waals surface area contributed by atoms with Crippen LogP contribution < -0.4 is 11.1 Å². The first-order valence-electron chi connectivity index (χ1n) is 5.56. The molecule has 0 heterocycles. The number of ether oxygens (including phenoxy) is 1. The van der Waals surface area contributed by atoms with Crippen molar-refractivity contribution >= 4 is 6.09 Å². The molecule has 1 amide bonds. The Bertz CT molecular complexity index is 277. The number of carbonyl (C=O) groups is 1. The van der Waals surface area contributed by atoms with Crippen LogP contribution in [0.3, 0.4) is 0 Å². The predicted molar refractivity (Wildman–Crippen MR) is 57.4 cm³/mol. The first-order valence-corrected chi connectivity index (χ1v) is 5.56. The molecule has 2 fully saturated rings. The van der Waals surface area contributed by atoms with E-state index in [0.29, 0.717) is 11.5 Å². The molecule has 2 aliphatic carbocycles. The molecule has 1 atom stereocenters. The molecule has 0 aromatic carbocycles. The summed E-state index contributed by atoms with van der Waals surface area (Å²) < 4.78 is 5.18. The van der Waals surface area contributed by atoms with E-state index in [-0.39, 0.29) is 12.1 Å². The average molecular weight is 212 g/mol. The Morgan fingerprint density at radius 1 is 1.40 bits per heavy atom. The van der Waals surface area contributed by atoms with Gasteiger partial charge in [-0.2, -0.15) is 0 Å². The Hall–Kier alpha value is -0.770. The molecule has 15 heavy (non-hydrogen) atoms. The number of carbonyl (C=O) groups excluding carboxylic acids is 1. The highest BCUT2D eigenvalue weighted by molar-refractivity contribution is 5.68. The maximum Gasteiger partial charge on any atom is 0.407 e. The average Bonchev–Trinajstić information content (AvgIpc) is 2.55. The minimum absolute atomic E-state index is 0.272. The topological polar surface area (TPSA) is 64.3 Å². The van der Waals surface area contributed by atoms with Crippen molar-refractivity contribution in [2.45, 2.75) is 57.7 Å². The third-order valence-corrected chi connectivity index (χ3v) is 3.28. The van der Waals surface area contributed by atoms with E-state index in [4.69, 9.17) is 10.5 Å². The zero-order valence-electron chi connectivity index (χ0n) is 9.67. The standard InChI is InChI=1S/C11H20N2O2/c1-10(2,3)15-9(14)13-7-4-11(5-7)6-8(11)12/h7-8H,4-6,12H2,1-3H3,(H,13,14). The van der Waals surface area contributed by atoms with Gasteiger partial charge in [0.2, 0.25) is 0 Å². The van der Waals surface area contributed by atoms with E-state index >= 15 is 0 Å². The highest BCUT2D eigenvalue weighted by Gasteiger charge is 2.60. The second-order valence-electron chi connectivity index (χ2n) is 5.92. The van der Waals surface area contributed by atoms with Crippen LogP contribution in [0.15, 0.2) is 0 Å². The first kappa shape index (κ1) is 10.7. The number of nitrogens with two attached hydrogens (primary N) is 1. The summed E-state index contributed by atoms with van der Waals surface area (Å²) in [6.45, 7) is 5.60. The number of rotatable bonds is 1. The van der Waals surface area contributed by atoms with Crippen molar-refractivity contribution < 1.29 is 9.53 Å². The predicted octanol–water partition coefficient (Wildman–Crippen LogP) is 1.39. The fraction of sp³-hybridized carbons (Fsp3) is 0.909. The summed E-state index contributed by atoms with van der Waals surface area (Å²) in [5.74, 6) is 0. The van der Waals surface area contributed by atoms with Crippen LogP contribution in [0.2, 0.25) is 0 Å². The third-order valence-electron chi connectivity index (χ3n) is 3.28. The summed E-state index contributed by atoms with van der Waals surface area (Å²) in [5.41, 5.74) is 5.77. The van der Waals surface area contributed by atoms with Crippen molar-refractivity contribution in [1.82, 2.24) is 5.32 Å². The van der Waals surface area contributed by atoms with Crippen molar-refractivity contribution in [1.29, 1.82) is 0 Å². The zero-order valence-corrected chi connectivity index (χ0v) is 9.67. The molecule has 0 saturated heterocycles. The van der Waals surface area contributed by atoms with Gasteiger partial charge in [-0.3, -0.25) is 0 Å². The van der Waals surface area contributed by atoms with Gasteiger partial charge < -0.3 is 15.8 Å². The number of alkyl carbamates (subject to hydrolysis) is 1. The normalized spacial score (nSPS) is 38.4. The highest BCUT2D eigenvalue weighted by Crippen LogP contribution is 2.59. The summed E-state index contributed by atoms with van der Waals surface area (Å²) in [4.78, 5) is 11.4. The molecule has 0 aromatic rings. The molecule has 4 nitrogen and oxygen atoms in total. The van der Waals surface area contributed by atoms with E-state index in [9.17, 15) is 4.79 Å². The van der Waals surface area contributed by atoms with E-state index < -0.39 is 5.60 Å². The molecule has 2 saturated carbocycles. The van der Waals surface area contributed by atoms with E-state index in [0.717, 1.165) is 19.3 Å². The molecule has 0 radical (unpaired) electrons. The molecule has 1 unspecified atom stereocenters. The summed E-state index contributed by atoms with van der Waals surface area (Å²) >= 11 is 0. The van der Waals surface area contributed by atoms with Gasteiger partial charge in [-0.1, -0.05) is 0 Å². The molecule has 2 rings (SSSR count). The zero-order chi connectivity index (χ0) is 11.3. The van der Waals surface area contributed by atoms with E-state index in [1.807, 2.05) is 20.8 Å². The monoisotopic (exact) mass is 212 g/mol. The van der Waals surface area contributed by atoms with E-state index in [1.54, 1.807) is 0 Å². The Kier molecular flexibility index (Phi) is 2.23. The first-order chi connectivity index (χ1) is 6.81. The Morgan fingerprint density at radius 2 is 1.93 bits per heavy atom. The molecular formula is C11H20N2O2. The summed E-state index contributed by atoms with van der Waals surface area (Å²) in [5, 5.41) is 2.87. The quantitative estimate of drug-likeness (QED) is 0.690. The van der Waals surface area contributed by atoms with Gasteiger partial charge in [0.25, 0.3) is 0 Å². The van der Waals surface area contributed by atoms with Gasteiger partial charge in [0.15, 0.2) is 0 Å². The van der Waals surface area contributed by atoms with Gasteiger partial charge in [0.1, 0.15) is 5.60 Å². The second kappa shape index (κ2) is 3.11. The highest BCUT2D eigenvalue weighted by atomic mass is 16.6. The third kappa shape index (κ3) is 2.25. The molecular weight excluding hydrogens is 192 g/mol. The SMILES string of the molecule is CC(C)(C)OC(=O)NC1CC2(C1)CC2N. The molecule has 86 valence electrons. The Balaban J connectivity index is 1.69. The lowest BCUT2D eigenvalue weighted by Gasteiger charge is -2.37. The molecule has 2 aliphatic rings. The number of hydrogen-bond donors (Lipinski definition) is 2. The molecule has 0 bridgehead atoms. The second-order valence-corrected chi connectivity index (χ2v) is 5.92. The Labute approximate surface area is 90.5 Å². The molecule has 0 aromatic heterocycles.